The maximum Gasteiger partial charge on any atom is 0.496 e. The van der Waals surface area contributed by atoms with E-state index in [2.05, 4.69) is 4.76 Å². The van der Waals surface area contributed by atoms with Gasteiger partial charge < -0.3 is 14.7 Å². The van der Waals surface area contributed by atoms with Crippen LogP contribution in [0.1, 0.15) is 0 Å². The number of nitrogens with zero attached hydrogens (tertiary/aromatic N) is 2. The van der Waals surface area contributed by atoms with Crippen molar-refractivity contribution in [3.8, 4) is 0 Å². The Hall–Kier alpha value is -0.880. The highest BCUT2D eigenvalue weighted by Crippen LogP contribution is 2.51. The van der Waals surface area contributed by atoms with Crippen LogP contribution in [0.3, 0.4) is 0 Å². The zero-order valence-corrected chi connectivity index (χ0v) is 10.8. The molecule has 10 nitrogen and oxygen atoms in total. The van der Waals surface area contributed by atoms with E-state index >= 15 is 0 Å². The summed E-state index contributed by atoms with van der Waals surface area (Å²) in [6, 6.07) is 0. The second-order valence-corrected chi connectivity index (χ2v) is 6.18. The smallest absolute Gasteiger partial charge is 0.496 e. The summed E-state index contributed by atoms with van der Waals surface area (Å²) in [4.78, 5) is 44.1. The zero-order chi connectivity index (χ0) is 13.4. The van der Waals surface area contributed by atoms with E-state index in [-0.39, 0.29) is 0 Å². The standard InChI is InChI=1S/C4H4N3O7P3/c1-7-3(6-17(13)14)5-2(8)4(7,15(9)10)16(11)12/h1H3,(H,5,6,8,13,14). The third-order valence-corrected chi connectivity index (χ3v) is 5.36. The zero-order valence-electron chi connectivity index (χ0n) is 8.09. The minimum Gasteiger partial charge on any atom is -0.589 e. The molecule has 3 atom stereocenters. The predicted molar refractivity (Wildman–Crippen MR) is 48.9 cm³/mol. The lowest BCUT2D eigenvalue weighted by Crippen LogP contribution is -2.45. The molecule has 0 aromatic heterocycles. The molecule has 1 fully saturated rings. The van der Waals surface area contributed by atoms with E-state index in [1.165, 1.54) is 0 Å². The topological polar surface area (TPSA) is 165 Å². The van der Waals surface area contributed by atoms with Crippen molar-refractivity contribution in [3.63, 3.8) is 0 Å². The summed E-state index contributed by atoms with van der Waals surface area (Å²) in [5.41, 5.74) is 0. The second kappa shape index (κ2) is 4.78. The SMILES string of the molecule is CN1/C(=N/[P+](=O)[O-])NC(=O)C1([P+](=O)[O-])[P+](=O)[O-]. The van der Waals surface area contributed by atoms with Gasteiger partial charge in [0.1, 0.15) is 0 Å². The lowest BCUT2D eigenvalue weighted by Gasteiger charge is -2.16. The molecule has 0 radical (unpaired) electrons. The van der Waals surface area contributed by atoms with Crippen LogP contribution in [0.5, 0.6) is 0 Å². The summed E-state index contributed by atoms with van der Waals surface area (Å²) >= 11 is 0. The molecule has 0 bridgehead atoms. The Balaban J connectivity index is 3.36. The molecule has 0 aromatic rings. The van der Waals surface area contributed by atoms with Crippen molar-refractivity contribution < 1.29 is 33.2 Å². The fourth-order valence-corrected chi connectivity index (χ4v) is 3.21. The molecular weight excluding hydrogens is 295 g/mol. The molecule has 13 heteroatoms. The average molecular weight is 299 g/mol. The van der Waals surface area contributed by atoms with E-state index in [9.17, 15) is 33.2 Å². The minimum absolute atomic E-state index is 0.442. The highest BCUT2D eigenvalue weighted by molar-refractivity contribution is 7.60. The van der Waals surface area contributed by atoms with Gasteiger partial charge in [0.15, 0.2) is 0 Å². The van der Waals surface area contributed by atoms with Gasteiger partial charge in [-0.25, -0.2) is 4.90 Å². The van der Waals surface area contributed by atoms with E-state index in [0.717, 1.165) is 7.05 Å². The maximum absolute atomic E-state index is 11.4. The van der Waals surface area contributed by atoms with Gasteiger partial charge in [-0.1, -0.05) is 9.13 Å². The molecule has 0 saturated carbocycles. The van der Waals surface area contributed by atoms with Gasteiger partial charge in [-0.2, -0.15) is 0 Å². The average Bonchev–Trinajstić information content (AvgIpc) is 2.38. The van der Waals surface area contributed by atoms with Crippen LogP contribution < -0.4 is 20.0 Å². The summed E-state index contributed by atoms with van der Waals surface area (Å²) in [7, 11) is -9.81. The van der Waals surface area contributed by atoms with Crippen LogP contribution in [0.15, 0.2) is 4.76 Å². The highest BCUT2D eigenvalue weighted by atomic mass is 31.2. The van der Waals surface area contributed by atoms with Crippen LogP contribution in [-0.4, -0.2) is 28.8 Å². The summed E-state index contributed by atoms with van der Waals surface area (Å²) in [5, 5.41) is -1.06. The fraction of sp³-hybridized carbons (Fsp3) is 0.500. The quantitative estimate of drug-likeness (QED) is 0.549. The van der Waals surface area contributed by atoms with Gasteiger partial charge in [-0.3, -0.25) is 10.1 Å². The molecular formula is C4H4N3O7P3. The number of carbonyl (C=O) groups excluding carboxylic acids is 1. The van der Waals surface area contributed by atoms with Gasteiger partial charge in [0.25, 0.3) is 5.96 Å². The van der Waals surface area contributed by atoms with E-state index in [1.807, 2.05) is 0 Å². The van der Waals surface area contributed by atoms with E-state index in [4.69, 9.17) is 0 Å². The molecule has 3 unspecified atom stereocenters. The molecule has 1 saturated heterocycles. The van der Waals surface area contributed by atoms with Crippen LogP contribution >= 0.6 is 24.2 Å². The highest BCUT2D eigenvalue weighted by Gasteiger charge is 2.73. The first-order chi connectivity index (χ1) is 7.74. The largest absolute Gasteiger partial charge is 0.589 e. The monoisotopic (exact) mass is 299 g/mol. The minimum atomic E-state index is -3.72. The summed E-state index contributed by atoms with van der Waals surface area (Å²) in [5.74, 6) is -2.05. The Labute approximate surface area is 97.0 Å². The van der Waals surface area contributed by atoms with Crippen molar-refractivity contribution >= 4 is 36.1 Å². The second-order valence-electron chi connectivity index (χ2n) is 2.82. The van der Waals surface area contributed by atoms with Crippen LogP contribution in [0.25, 0.3) is 0 Å². The predicted octanol–water partition coefficient (Wildman–Crippen LogP) is -2.72. The summed E-state index contributed by atoms with van der Waals surface area (Å²) < 4.78 is 35.1. The summed E-state index contributed by atoms with van der Waals surface area (Å²) in [6.07, 6.45) is 0. The Bertz CT molecular complexity index is 447. The third-order valence-electron chi connectivity index (χ3n) is 2.00. The van der Waals surface area contributed by atoms with Crippen molar-refractivity contribution in [3.05, 3.63) is 0 Å². The molecule has 1 amide bonds. The molecule has 1 N–H and O–H groups in total. The number of hydrogen-bond acceptors (Lipinski definition) is 7. The van der Waals surface area contributed by atoms with Crippen LogP contribution in [0.4, 0.5) is 0 Å². The van der Waals surface area contributed by atoms with Crippen molar-refractivity contribution in [2.75, 3.05) is 7.05 Å². The van der Waals surface area contributed by atoms with Crippen molar-refractivity contribution in [1.29, 1.82) is 0 Å². The van der Waals surface area contributed by atoms with Gasteiger partial charge >= 0.3 is 35.2 Å². The molecule has 1 aliphatic heterocycles. The first-order valence-corrected chi connectivity index (χ1v) is 7.30. The van der Waals surface area contributed by atoms with Gasteiger partial charge in [0.05, 0.1) is 0 Å². The van der Waals surface area contributed by atoms with Crippen LogP contribution in [0, 0.1) is 0 Å². The van der Waals surface area contributed by atoms with Gasteiger partial charge in [0.2, 0.25) is 0 Å². The fourth-order valence-electron chi connectivity index (χ4n) is 1.22. The molecule has 17 heavy (non-hydrogen) atoms. The maximum atomic E-state index is 11.4. The molecule has 1 heterocycles. The van der Waals surface area contributed by atoms with Gasteiger partial charge in [-0.15, -0.1) is 0 Å². The van der Waals surface area contributed by atoms with Gasteiger partial charge in [-0.05, 0) is 4.57 Å². The number of carbonyl (C=O) groups is 1. The van der Waals surface area contributed by atoms with E-state index < -0.39 is 41.1 Å². The Morgan fingerprint density at radius 2 is 1.71 bits per heavy atom. The first kappa shape index (κ1) is 14.2. The van der Waals surface area contributed by atoms with Crippen molar-refractivity contribution in [1.82, 2.24) is 10.2 Å². The summed E-state index contributed by atoms with van der Waals surface area (Å²) in [6.45, 7) is 0. The molecule has 0 spiro atoms. The first-order valence-electron chi connectivity index (χ1n) is 3.81. The molecule has 1 aliphatic rings. The number of rotatable bonds is 3. The van der Waals surface area contributed by atoms with E-state index in [0.29, 0.717) is 4.90 Å². The number of guanidine groups is 1. The molecule has 0 aliphatic carbocycles. The van der Waals surface area contributed by atoms with Gasteiger partial charge in [0, 0.05) is 11.8 Å². The van der Waals surface area contributed by atoms with Crippen LogP contribution in [0.2, 0.25) is 0 Å². The lowest BCUT2D eigenvalue weighted by molar-refractivity contribution is -0.183. The lowest BCUT2D eigenvalue weighted by atomic mass is 10.6. The number of likely N-dealkylation sites (N-methyl/N-ethyl adjacent to an activating group) is 1. The number of amides is 1. The number of nitrogens with one attached hydrogen (secondary N) is 1. The normalized spacial score (nSPS) is 29.2. The van der Waals surface area contributed by atoms with Crippen molar-refractivity contribution in [2.45, 2.75) is 5.02 Å². The third kappa shape index (κ3) is 2.11. The number of hydrogen-bond donors (Lipinski definition) is 1. The Kier molecular flexibility index (Phi) is 3.99. The molecule has 0 aromatic carbocycles. The van der Waals surface area contributed by atoms with E-state index in [1.54, 1.807) is 5.32 Å². The molecule has 1 rings (SSSR count). The Morgan fingerprint density at radius 3 is 2.00 bits per heavy atom. The Morgan fingerprint density at radius 1 is 1.24 bits per heavy atom. The van der Waals surface area contributed by atoms with Crippen LogP contribution in [-0.2, 0) is 18.5 Å². The molecule has 92 valence electrons. The van der Waals surface area contributed by atoms with Crippen molar-refractivity contribution in [2.24, 2.45) is 4.76 Å².